The lowest BCUT2D eigenvalue weighted by Crippen LogP contribution is -2.07. The second-order valence-corrected chi connectivity index (χ2v) is 2.45. The molecule has 1 atom stereocenters. The Labute approximate surface area is 60.0 Å². The third-order valence-corrected chi connectivity index (χ3v) is 1.35. The van der Waals surface area contributed by atoms with E-state index in [0.717, 1.165) is 11.4 Å². The topological polar surface area (TPSA) is 56.7 Å². The third kappa shape index (κ3) is 1.16. The molecule has 0 amide bonds. The molecule has 0 bridgehead atoms. The summed E-state index contributed by atoms with van der Waals surface area (Å²) in [6.45, 7) is 3.81. The van der Waals surface area contributed by atoms with Gasteiger partial charge in [-0.05, 0) is 13.8 Å². The monoisotopic (exact) mass is 140 g/mol. The molecule has 10 heavy (non-hydrogen) atoms. The Kier molecular flexibility index (Phi) is 1.72. The van der Waals surface area contributed by atoms with Crippen LogP contribution in [0.1, 0.15) is 24.4 Å². The number of nitrogens with two attached hydrogens (primary N) is 1. The fourth-order valence-corrected chi connectivity index (χ4v) is 0.940. The Balaban J connectivity index is 3.03. The van der Waals surface area contributed by atoms with Crippen LogP contribution < -0.4 is 5.73 Å². The molecular formula is C6H12N4. The van der Waals surface area contributed by atoms with E-state index in [2.05, 4.69) is 10.2 Å². The lowest BCUT2D eigenvalue weighted by atomic mass is 10.2. The van der Waals surface area contributed by atoms with Gasteiger partial charge in [-0.25, -0.2) is 0 Å². The van der Waals surface area contributed by atoms with Crippen molar-refractivity contribution >= 4 is 0 Å². The minimum absolute atomic E-state index is 0.0197. The summed E-state index contributed by atoms with van der Waals surface area (Å²) in [6.07, 6.45) is 0. The summed E-state index contributed by atoms with van der Waals surface area (Å²) in [6, 6.07) is -0.0197. The summed E-state index contributed by atoms with van der Waals surface area (Å²) in [5.41, 5.74) is 7.40. The highest BCUT2D eigenvalue weighted by Gasteiger charge is 2.07. The van der Waals surface area contributed by atoms with E-state index < -0.39 is 0 Å². The van der Waals surface area contributed by atoms with Gasteiger partial charge in [-0.1, -0.05) is 0 Å². The minimum atomic E-state index is -0.0197. The number of rotatable bonds is 1. The van der Waals surface area contributed by atoms with Crippen molar-refractivity contribution in [2.45, 2.75) is 19.9 Å². The molecular weight excluding hydrogens is 128 g/mol. The molecule has 1 unspecified atom stereocenters. The van der Waals surface area contributed by atoms with Crippen molar-refractivity contribution in [1.82, 2.24) is 15.0 Å². The van der Waals surface area contributed by atoms with Gasteiger partial charge in [0.15, 0.2) is 0 Å². The van der Waals surface area contributed by atoms with Crippen LogP contribution in [0.2, 0.25) is 0 Å². The molecule has 4 heteroatoms. The Morgan fingerprint density at radius 1 is 1.50 bits per heavy atom. The average molecular weight is 140 g/mol. The van der Waals surface area contributed by atoms with Gasteiger partial charge in [-0.15, -0.1) is 0 Å². The van der Waals surface area contributed by atoms with E-state index in [4.69, 9.17) is 5.73 Å². The standard InChI is InChI=1S/C6H12N4/c1-4(7)6-5(2)8-10(3)9-6/h4H,7H2,1-3H3. The highest BCUT2D eigenvalue weighted by molar-refractivity contribution is 5.09. The van der Waals surface area contributed by atoms with Crippen LogP contribution in [0.3, 0.4) is 0 Å². The first-order valence-corrected chi connectivity index (χ1v) is 3.24. The molecule has 1 rings (SSSR count). The first-order chi connectivity index (χ1) is 4.61. The summed E-state index contributed by atoms with van der Waals surface area (Å²) < 4.78 is 0. The van der Waals surface area contributed by atoms with Crippen molar-refractivity contribution in [3.8, 4) is 0 Å². The summed E-state index contributed by atoms with van der Waals surface area (Å²) in [7, 11) is 1.79. The van der Waals surface area contributed by atoms with E-state index in [-0.39, 0.29) is 6.04 Å². The molecule has 0 radical (unpaired) electrons. The predicted octanol–water partition coefficient (Wildman–Crippen LogP) is 0.143. The predicted molar refractivity (Wildman–Crippen MR) is 38.3 cm³/mol. The van der Waals surface area contributed by atoms with Gasteiger partial charge in [0.05, 0.1) is 5.69 Å². The lowest BCUT2D eigenvalue weighted by molar-refractivity contribution is 0.631. The highest BCUT2D eigenvalue weighted by atomic mass is 15.5. The van der Waals surface area contributed by atoms with Crippen molar-refractivity contribution < 1.29 is 0 Å². The van der Waals surface area contributed by atoms with E-state index in [9.17, 15) is 0 Å². The summed E-state index contributed by atoms with van der Waals surface area (Å²) in [4.78, 5) is 1.54. The Hall–Kier alpha value is -0.900. The van der Waals surface area contributed by atoms with Gasteiger partial charge in [0.25, 0.3) is 0 Å². The third-order valence-electron chi connectivity index (χ3n) is 1.35. The van der Waals surface area contributed by atoms with Gasteiger partial charge < -0.3 is 5.73 Å². The molecule has 0 saturated carbocycles. The van der Waals surface area contributed by atoms with Crippen molar-refractivity contribution in [3.63, 3.8) is 0 Å². The van der Waals surface area contributed by atoms with Crippen LogP contribution in [0, 0.1) is 6.92 Å². The SMILES string of the molecule is Cc1nn(C)nc1C(C)N. The second kappa shape index (κ2) is 2.38. The molecule has 4 nitrogen and oxygen atoms in total. The molecule has 0 saturated heterocycles. The van der Waals surface area contributed by atoms with Crippen molar-refractivity contribution in [2.75, 3.05) is 0 Å². The van der Waals surface area contributed by atoms with Crippen molar-refractivity contribution in [2.24, 2.45) is 12.8 Å². The van der Waals surface area contributed by atoms with E-state index >= 15 is 0 Å². The molecule has 0 fully saturated rings. The fourth-order valence-electron chi connectivity index (χ4n) is 0.940. The summed E-state index contributed by atoms with van der Waals surface area (Å²) in [5.74, 6) is 0. The molecule has 1 aromatic heterocycles. The van der Waals surface area contributed by atoms with Gasteiger partial charge in [-0.2, -0.15) is 15.0 Å². The quantitative estimate of drug-likeness (QED) is 0.603. The van der Waals surface area contributed by atoms with Gasteiger partial charge in [0, 0.05) is 13.1 Å². The first kappa shape index (κ1) is 7.21. The van der Waals surface area contributed by atoms with Crippen LogP contribution in [0.5, 0.6) is 0 Å². The normalized spacial score (nSPS) is 13.6. The van der Waals surface area contributed by atoms with Crippen LogP contribution in [-0.4, -0.2) is 15.0 Å². The second-order valence-electron chi connectivity index (χ2n) is 2.45. The average Bonchev–Trinajstić information content (AvgIpc) is 2.10. The van der Waals surface area contributed by atoms with Crippen LogP contribution in [0.25, 0.3) is 0 Å². The maximum absolute atomic E-state index is 5.61. The number of nitrogens with zero attached hydrogens (tertiary/aromatic N) is 3. The number of aromatic nitrogens is 3. The summed E-state index contributed by atoms with van der Waals surface area (Å²) >= 11 is 0. The zero-order chi connectivity index (χ0) is 7.72. The van der Waals surface area contributed by atoms with Gasteiger partial charge in [0.1, 0.15) is 5.69 Å². The molecule has 56 valence electrons. The maximum atomic E-state index is 5.61. The van der Waals surface area contributed by atoms with Crippen molar-refractivity contribution in [1.29, 1.82) is 0 Å². The fraction of sp³-hybridized carbons (Fsp3) is 0.667. The molecule has 1 aromatic rings. The van der Waals surface area contributed by atoms with Crippen LogP contribution in [-0.2, 0) is 7.05 Å². The van der Waals surface area contributed by atoms with E-state index in [1.807, 2.05) is 13.8 Å². The zero-order valence-corrected chi connectivity index (χ0v) is 6.50. The van der Waals surface area contributed by atoms with Crippen LogP contribution >= 0.6 is 0 Å². The van der Waals surface area contributed by atoms with Gasteiger partial charge in [0.2, 0.25) is 0 Å². The molecule has 0 aliphatic rings. The molecule has 0 aromatic carbocycles. The van der Waals surface area contributed by atoms with Gasteiger partial charge in [-0.3, -0.25) is 0 Å². The highest BCUT2D eigenvalue weighted by Crippen LogP contribution is 2.07. The lowest BCUT2D eigenvalue weighted by Gasteiger charge is -1.97. The number of aryl methyl sites for hydroxylation is 2. The van der Waals surface area contributed by atoms with Crippen LogP contribution in [0.4, 0.5) is 0 Å². The smallest absolute Gasteiger partial charge is 0.102 e. The Morgan fingerprint density at radius 3 is 2.30 bits per heavy atom. The zero-order valence-electron chi connectivity index (χ0n) is 6.50. The number of hydrogen-bond donors (Lipinski definition) is 1. The Morgan fingerprint density at radius 2 is 2.10 bits per heavy atom. The molecule has 0 aliphatic carbocycles. The largest absolute Gasteiger partial charge is 0.323 e. The number of hydrogen-bond acceptors (Lipinski definition) is 3. The Bertz CT molecular complexity index is 226. The van der Waals surface area contributed by atoms with Gasteiger partial charge >= 0.3 is 0 Å². The minimum Gasteiger partial charge on any atom is -0.323 e. The molecule has 1 heterocycles. The summed E-state index contributed by atoms with van der Waals surface area (Å²) in [5, 5.41) is 8.15. The van der Waals surface area contributed by atoms with Crippen LogP contribution in [0.15, 0.2) is 0 Å². The first-order valence-electron chi connectivity index (χ1n) is 3.24. The molecule has 2 N–H and O–H groups in total. The molecule has 0 aliphatic heterocycles. The van der Waals surface area contributed by atoms with Crippen molar-refractivity contribution in [3.05, 3.63) is 11.4 Å². The maximum Gasteiger partial charge on any atom is 0.102 e. The molecule has 0 spiro atoms. The van der Waals surface area contributed by atoms with E-state index in [1.165, 1.54) is 4.80 Å². The van der Waals surface area contributed by atoms with E-state index in [1.54, 1.807) is 7.05 Å². The van der Waals surface area contributed by atoms with E-state index in [0.29, 0.717) is 0 Å².